The number of hydrogen-bond donors (Lipinski definition) is 0. The Balaban J connectivity index is 2.08. The van der Waals surface area contributed by atoms with Crippen molar-refractivity contribution < 1.29 is 4.74 Å². The zero-order valence-corrected chi connectivity index (χ0v) is 8.07. The van der Waals surface area contributed by atoms with Gasteiger partial charge in [0, 0.05) is 6.61 Å². The van der Waals surface area contributed by atoms with E-state index < -0.39 is 0 Å². The average molecular weight is 176 g/mol. The first-order valence-electron chi connectivity index (χ1n) is 5.03. The lowest BCUT2D eigenvalue weighted by Gasteiger charge is -2.27. The molecule has 2 atom stereocenters. The predicted octanol–water partition coefficient (Wildman–Crippen LogP) is 3.17. The van der Waals surface area contributed by atoms with Crippen molar-refractivity contribution in [2.45, 2.75) is 25.9 Å². The molecule has 70 valence electrons. The lowest BCUT2D eigenvalue weighted by atomic mass is 9.94. The van der Waals surface area contributed by atoms with Gasteiger partial charge in [0.25, 0.3) is 0 Å². The molecule has 0 bridgehead atoms. The van der Waals surface area contributed by atoms with Gasteiger partial charge in [-0.05, 0) is 24.3 Å². The van der Waals surface area contributed by atoms with Crippen LogP contribution < -0.4 is 0 Å². The van der Waals surface area contributed by atoms with Crippen LogP contribution in [-0.2, 0) is 4.74 Å². The van der Waals surface area contributed by atoms with Gasteiger partial charge in [0.2, 0.25) is 0 Å². The third-order valence-electron chi connectivity index (χ3n) is 2.72. The summed E-state index contributed by atoms with van der Waals surface area (Å²) in [5.41, 5.74) is 1.33. The molecule has 1 aromatic rings. The number of hydrogen-bond acceptors (Lipinski definition) is 1. The molecule has 0 saturated carbocycles. The van der Waals surface area contributed by atoms with Gasteiger partial charge in [-0.3, -0.25) is 0 Å². The van der Waals surface area contributed by atoms with Gasteiger partial charge in [-0.25, -0.2) is 0 Å². The molecule has 0 amide bonds. The highest BCUT2D eigenvalue weighted by Crippen LogP contribution is 2.30. The standard InChI is InChI=1S/C12H16O/c1-10-7-8-13-12(9-10)11-5-3-2-4-6-11/h2-6,10,12H,7-9H2,1H3. The largest absolute Gasteiger partial charge is 0.374 e. The van der Waals surface area contributed by atoms with Crippen LogP contribution in [0.1, 0.15) is 31.4 Å². The molecule has 1 heteroatoms. The molecule has 1 heterocycles. The van der Waals surface area contributed by atoms with Crippen molar-refractivity contribution in [2.75, 3.05) is 6.61 Å². The average Bonchev–Trinajstić information content (AvgIpc) is 2.19. The fraction of sp³-hybridized carbons (Fsp3) is 0.500. The van der Waals surface area contributed by atoms with Gasteiger partial charge in [0.05, 0.1) is 6.10 Å². The Morgan fingerprint density at radius 1 is 1.23 bits per heavy atom. The molecule has 1 fully saturated rings. The molecule has 1 saturated heterocycles. The zero-order valence-electron chi connectivity index (χ0n) is 8.07. The maximum Gasteiger partial charge on any atom is 0.0827 e. The van der Waals surface area contributed by atoms with Crippen LogP contribution in [0, 0.1) is 5.92 Å². The molecule has 1 aliphatic rings. The highest BCUT2D eigenvalue weighted by Gasteiger charge is 2.20. The van der Waals surface area contributed by atoms with Crippen LogP contribution in [0.25, 0.3) is 0 Å². The van der Waals surface area contributed by atoms with E-state index in [9.17, 15) is 0 Å². The summed E-state index contributed by atoms with van der Waals surface area (Å²) in [6.45, 7) is 3.22. The summed E-state index contributed by atoms with van der Waals surface area (Å²) in [7, 11) is 0. The van der Waals surface area contributed by atoms with Crippen molar-refractivity contribution in [2.24, 2.45) is 5.92 Å². The van der Waals surface area contributed by atoms with Crippen molar-refractivity contribution >= 4 is 0 Å². The quantitative estimate of drug-likeness (QED) is 0.638. The number of ether oxygens (including phenoxy) is 1. The summed E-state index contributed by atoms with van der Waals surface area (Å²) in [6, 6.07) is 10.5. The normalized spacial score (nSPS) is 28.7. The van der Waals surface area contributed by atoms with E-state index in [1.807, 2.05) is 0 Å². The molecule has 1 aromatic carbocycles. The first-order chi connectivity index (χ1) is 6.36. The summed E-state index contributed by atoms with van der Waals surface area (Å²) >= 11 is 0. The summed E-state index contributed by atoms with van der Waals surface area (Å²) in [5.74, 6) is 0.805. The Bertz CT molecular complexity index is 255. The Kier molecular flexibility index (Phi) is 2.65. The van der Waals surface area contributed by atoms with Gasteiger partial charge in [-0.15, -0.1) is 0 Å². The Morgan fingerprint density at radius 3 is 2.69 bits per heavy atom. The topological polar surface area (TPSA) is 9.23 Å². The lowest BCUT2D eigenvalue weighted by Crippen LogP contribution is -2.17. The maximum atomic E-state index is 5.73. The Morgan fingerprint density at radius 2 is 2.00 bits per heavy atom. The van der Waals surface area contributed by atoms with Crippen molar-refractivity contribution in [1.82, 2.24) is 0 Å². The van der Waals surface area contributed by atoms with Crippen molar-refractivity contribution in [3.63, 3.8) is 0 Å². The monoisotopic (exact) mass is 176 g/mol. The van der Waals surface area contributed by atoms with Gasteiger partial charge in [0.1, 0.15) is 0 Å². The summed E-state index contributed by atoms with van der Waals surface area (Å²) in [4.78, 5) is 0. The minimum absolute atomic E-state index is 0.338. The van der Waals surface area contributed by atoms with Gasteiger partial charge in [-0.1, -0.05) is 37.3 Å². The molecule has 1 aliphatic heterocycles. The van der Waals surface area contributed by atoms with Crippen molar-refractivity contribution in [3.8, 4) is 0 Å². The van der Waals surface area contributed by atoms with Gasteiger partial charge in [0.15, 0.2) is 0 Å². The highest BCUT2D eigenvalue weighted by molar-refractivity contribution is 5.17. The first-order valence-corrected chi connectivity index (χ1v) is 5.03. The molecule has 13 heavy (non-hydrogen) atoms. The van der Waals surface area contributed by atoms with Crippen molar-refractivity contribution in [1.29, 1.82) is 0 Å². The molecule has 2 unspecified atom stereocenters. The molecule has 0 spiro atoms. The van der Waals surface area contributed by atoms with Crippen LogP contribution in [0.4, 0.5) is 0 Å². The van der Waals surface area contributed by atoms with E-state index >= 15 is 0 Å². The minimum atomic E-state index is 0.338. The zero-order chi connectivity index (χ0) is 9.10. The Hall–Kier alpha value is -0.820. The first kappa shape index (κ1) is 8.76. The second-order valence-corrected chi connectivity index (χ2v) is 3.90. The van der Waals surface area contributed by atoms with Gasteiger partial charge >= 0.3 is 0 Å². The maximum absolute atomic E-state index is 5.73. The van der Waals surface area contributed by atoms with Crippen LogP contribution in [0.3, 0.4) is 0 Å². The van der Waals surface area contributed by atoms with E-state index in [4.69, 9.17) is 4.74 Å². The second kappa shape index (κ2) is 3.93. The van der Waals surface area contributed by atoms with Crippen LogP contribution in [0.2, 0.25) is 0 Å². The van der Waals surface area contributed by atoms with Gasteiger partial charge < -0.3 is 4.74 Å². The third kappa shape index (κ3) is 2.10. The van der Waals surface area contributed by atoms with E-state index in [1.165, 1.54) is 18.4 Å². The highest BCUT2D eigenvalue weighted by atomic mass is 16.5. The summed E-state index contributed by atoms with van der Waals surface area (Å²) in [6.07, 6.45) is 2.72. The number of rotatable bonds is 1. The van der Waals surface area contributed by atoms with E-state index in [1.54, 1.807) is 0 Å². The molecular formula is C12H16O. The van der Waals surface area contributed by atoms with Crippen LogP contribution in [-0.4, -0.2) is 6.61 Å². The van der Waals surface area contributed by atoms with Crippen LogP contribution in [0.5, 0.6) is 0 Å². The fourth-order valence-corrected chi connectivity index (χ4v) is 1.86. The molecule has 1 nitrogen and oxygen atoms in total. The van der Waals surface area contributed by atoms with Crippen LogP contribution >= 0.6 is 0 Å². The van der Waals surface area contributed by atoms with E-state index in [0.717, 1.165) is 12.5 Å². The summed E-state index contributed by atoms with van der Waals surface area (Å²) in [5, 5.41) is 0. The van der Waals surface area contributed by atoms with E-state index in [-0.39, 0.29) is 0 Å². The van der Waals surface area contributed by atoms with E-state index in [0.29, 0.717) is 6.10 Å². The Labute approximate surface area is 79.7 Å². The molecule has 2 rings (SSSR count). The lowest BCUT2D eigenvalue weighted by molar-refractivity contribution is -0.00632. The molecule has 0 aromatic heterocycles. The van der Waals surface area contributed by atoms with E-state index in [2.05, 4.69) is 37.3 Å². The molecular weight excluding hydrogens is 160 g/mol. The smallest absolute Gasteiger partial charge is 0.0827 e. The summed E-state index contributed by atoms with van der Waals surface area (Å²) < 4.78 is 5.73. The fourth-order valence-electron chi connectivity index (χ4n) is 1.86. The molecule has 0 radical (unpaired) electrons. The van der Waals surface area contributed by atoms with Crippen LogP contribution in [0.15, 0.2) is 30.3 Å². The predicted molar refractivity (Wildman–Crippen MR) is 53.5 cm³/mol. The SMILES string of the molecule is CC1CCOC(c2ccccc2)C1. The van der Waals surface area contributed by atoms with Gasteiger partial charge in [-0.2, -0.15) is 0 Å². The number of benzene rings is 1. The minimum Gasteiger partial charge on any atom is -0.374 e. The molecule has 0 aliphatic carbocycles. The van der Waals surface area contributed by atoms with Crippen molar-refractivity contribution in [3.05, 3.63) is 35.9 Å². The second-order valence-electron chi connectivity index (χ2n) is 3.90. The molecule has 0 N–H and O–H groups in total. The third-order valence-corrected chi connectivity index (χ3v) is 2.72.